The number of pyridine rings is 1. The number of halogens is 2. The van der Waals surface area contributed by atoms with Crippen LogP contribution in [-0.2, 0) is 25.5 Å². The number of ether oxygens (including phenoxy) is 2. The molecule has 0 radical (unpaired) electrons. The predicted molar refractivity (Wildman–Crippen MR) is 334 cm³/mol. The number of anilines is 1. The average Bonchev–Trinajstić information content (AvgIpc) is 1.89. The highest BCUT2D eigenvalue weighted by atomic mass is 32.1. The number of fused-ring (bicyclic) bond motifs is 4. The summed E-state index contributed by atoms with van der Waals surface area (Å²) in [6.07, 6.45) is 4.52. The molecule has 5 saturated heterocycles. The van der Waals surface area contributed by atoms with Gasteiger partial charge >= 0.3 is 12.1 Å². The molecule has 2 bridgehead atoms. The molecule has 4 amide bonds. The Morgan fingerprint density at radius 2 is 1.62 bits per heavy atom. The number of piperazine rings is 1. The molecule has 5 fully saturated rings. The lowest BCUT2D eigenvalue weighted by Crippen LogP contribution is -2.63. The molecule has 22 heteroatoms. The van der Waals surface area contributed by atoms with E-state index in [4.69, 9.17) is 24.4 Å². The van der Waals surface area contributed by atoms with Gasteiger partial charge in [-0.25, -0.2) is 18.6 Å². The number of nitrogens with one attached hydrogen (secondary N) is 2. The Morgan fingerprint density at radius 1 is 0.909 bits per heavy atom. The summed E-state index contributed by atoms with van der Waals surface area (Å²) in [5, 5.41) is 29.5. The summed E-state index contributed by atoms with van der Waals surface area (Å²) in [5.41, 5.74) is 3.30. The Bertz CT molecular complexity index is 3570. The number of phenols is 1. The lowest BCUT2D eigenvalue weighted by atomic mass is 9.81. The maximum Gasteiger partial charge on any atom is 0.410 e. The number of aliphatic hydroxyl groups excluding tert-OH is 1. The Labute approximate surface area is 517 Å². The maximum atomic E-state index is 17.4. The van der Waals surface area contributed by atoms with E-state index in [-0.39, 0.29) is 92.3 Å². The summed E-state index contributed by atoms with van der Waals surface area (Å²) >= 11 is 1.56. The SMILES string of the molecule is CCc1cccc2cc(O)cc(-c3ncc4c(N5CC6CCC(C5)N6C(=O)OC(C)(C)C)nc(OCCN5CCC(CC6(F)CN(CC(=O)N[C@H](C(=O)N7C[C@H](O)C[C@H]7C(=O)N[C@@H](C)c7ccc(-c8scnc8C)cc7)C(C)(C)C)C6)CC5)nc4c3F)c12. The molecule has 4 N–H and O–H groups in total. The maximum absolute atomic E-state index is 17.4. The molecule has 2 unspecified atom stereocenters. The van der Waals surface area contributed by atoms with Gasteiger partial charge in [-0.15, -0.1) is 11.3 Å². The lowest BCUT2D eigenvalue weighted by molar-refractivity contribution is -0.145. The molecule has 5 aliphatic rings. The van der Waals surface area contributed by atoms with Gasteiger partial charge in [-0.2, -0.15) is 9.97 Å². The van der Waals surface area contributed by atoms with Crippen LogP contribution in [0.3, 0.4) is 0 Å². The van der Waals surface area contributed by atoms with Crippen LogP contribution in [-0.4, -0.2) is 181 Å². The number of rotatable bonds is 17. The molecule has 5 aliphatic heterocycles. The van der Waals surface area contributed by atoms with Crippen LogP contribution in [0, 0.1) is 24.1 Å². The molecule has 8 heterocycles. The van der Waals surface area contributed by atoms with Crippen LogP contribution in [0.15, 0.2) is 66.3 Å². The summed E-state index contributed by atoms with van der Waals surface area (Å²) in [5.74, 6) is -1.38. The van der Waals surface area contributed by atoms with E-state index in [9.17, 15) is 29.4 Å². The van der Waals surface area contributed by atoms with Crippen molar-refractivity contribution in [3.63, 3.8) is 0 Å². The average molecular weight is 1230 g/mol. The van der Waals surface area contributed by atoms with Gasteiger partial charge in [0, 0.05) is 57.4 Å². The van der Waals surface area contributed by atoms with Gasteiger partial charge in [0.1, 0.15) is 52.7 Å². The minimum atomic E-state index is -1.47. The number of amides is 4. The second kappa shape index (κ2) is 25.0. The van der Waals surface area contributed by atoms with Crippen molar-refractivity contribution in [2.75, 3.05) is 70.4 Å². The first kappa shape index (κ1) is 62.5. The van der Waals surface area contributed by atoms with Crippen molar-refractivity contribution >= 4 is 62.6 Å². The van der Waals surface area contributed by atoms with Gasteiger partial charge in [-0.1, -0.05) is 70.2 Å². The number of aromatic hydroxyl groups is 1. The number of hydrogen-bond acceptors (Lipinski definition) is 16. The standard InChI is InChI=1S/C66H83F2N11O8S/c1-10-41-12-11-13-44-26-47(80)27-49(53(41)44)55-54(67)56-50(30-69-55)59(77-31-45-18-19-46(32-77)79(45)63(85)87-65(7,8)9)74-62(73-56)86-25-24-75-22-20-40(21-23-75)29-66(68)35-76(36-66)34-52(82)72-58(64(4,5)6)61(84)78-33-48(81)28-51(78)60(83)71-38(2)42-14-16-43(17-15-42)57-39(3)70-37-88-57/h11-17,26-27,30,37-38,40,45-46,48,51,58,80-81H,10,18-25,28-29,31-36H2,1-9H3,(H,71,83)(H,72,82)/t38-,45?,46?,48+,51-,58+/m0/s1. The quantitative estimate of drug-likeness (QED) is 0.0669. The minimum Gasteiger partial charge on any atom is -0.508 e. The number of aromatic nitrogens is 4. The molecule has 3 aromatic carbocycles. The largest absolute Gasteiger partial charge is 0.508 e. The molecule has 0 spiro atoms. The molecular formula is C66H83F2N11O8S. The van der Waals surface area contributed by atoms with E-state index in [1.54, 1.807) is 28.5 Å². The van der Waals surface area contributed by atoms with Crippen molar-refractivity contribution in [3.8, 4) is 33.5 Å². The third-order valence-corrected chi connectivity index (χ3v) is 19.1. The number of hydrogen-bond donors (Lipinski definition) is 4. The summed E-state index contributed by atoms with van der Waals surface area (Å²) < 4.78 is 45.9. The second-order valence-electron chi connectivity index (χ2n) is 27.1. The van der Waals surface area contributed by atoms with Crippen LogP contribution in [0.1, 0.15) is 117 Å². The van der Waals surface area contributed by atoms with Crippen molar-refractivity contribution in [2.24, 2.45) is 11.3 Å². The number of nitrogens with zero attached hydrogens (tertiary/aromatic N) is 9. The van der Waals surface area contributed by atoms with E-state index in [0.717, 1.165) is 63.7 Å². The fourth-order valence-corrected chi connectivity index (χ4v) is 14.6. The minimum absolute atomic E-state index is 0.000162. The van der Waals surface area contributed by atoms with Crippen LogP contribution < -0.4 is 20.3 Å². The van der Waals surface area contributed by atoms with Crippen LogP contribution >= 0.6 is 11.3 Å². The number of carbonyl (C=O) groups is 4. The molecule has 6 aromatic rings. The third kappa shape index (κ3) is 13.4. The van der Waals surface area contributed by atoms with Crippen molar-refractivity contribution < 1.29 is 47.6 Å². The number of β-amino-alcohol motifs (C(OH)–C–C–N with tert-alkyl or cyclic N) is 1. The van der Waals surface area contributed by atoms with E-state index in [1.807, 2.05) is 115 Å². The molecule has 11 rings (SSSR count). The zero-order valence-corrected chi connectivity index (χ0v) is 52.8. The highest BCUT2D eigenvalue weighted by Gasteiger charge is 2.49. The Hall–Kier alpha value is -7.14. The molecule has 19 nitrogen and oxygen atoms in total. The van der Waals surface area contributed by atoms with E-state index in [0.29, 0.717) is 62.3 Å². The van der Waals surface area contributed by atoms with E-state index in [2.05, 4.69) is 25.4 Å². The fraction of sp³-hybridized carbons (Fsp3) is 0.545. The molecular weight excluding hydrogens is 1140 g/mol. The second-order valence-corrected chi connectivity index (χ2v) is 27.9. The normalized spacial score (nSPS) is 21.6. The number of benzene rings is 3. The zero-order chi connectivity index (χ0) is 62.6. The number of aryl methyl sites for hydroxylation is 2. The smallest absolute Gasteiger partial charge is 0.410 e. The van der Waals surface area contributed by atoms with Crippen LogP contribution in [0.5, 0.6) is 11.8 Å². The van der Waals surface area contributed by atoms with Crippen molar-refractivity contribution in [1.82, 2.24) is 50.2 Å². The van der Waals surface area contributed by atoms with Crippen LogP contribution in [0.25, 0.3) is 43.4 Å². The predicted octanol–water partition coefficient (Wildman–Crippen LogP) is 9.15. The first-order valence-electron chi connectivity index (χ1n) is 31.0. The summed E-state index contributed by atoms with van der Waals surface area (Å²) in [6, 6.07) is 14.3. The monoisotopic (exact) mass is 1230 g/mol. The summed E-state index contributed by atoms with van der Waals surface area (Å²) in [6.45, 7) is 20.0. The van der Waals surface area contributed by atoms with Gasteiger partial charge in [0.05, 0.1) is 52.2 Å². The van der Waals surface area contributed by atoms with Gasteiger partial charge in [0.15, 0.2) is 5.82 Å². The number of piperidine rings is 1. The van der Waals surface area contributed by atoms with Gasteiger partial charge < -0.3 is 40.1 Å². The van der Waals surface area contributed by atoms with Crippen LogP contribution in [0.2, 0.25) is 0 Å². The van der Waals surface area contributed by atoms with Crippen LogP contribution in [0.4, 0.5) is 19.4 Å². The molecule has 0 aliphatic carbocycles. The fourth-order valence-electron chi connectivity index (χ4n) is 13.8. The molecule has 3 aromatic heterocycles. The van der Waals surface area contributed by atoms with Crippen molar-refractivity contribution in [1.29, 1.82) is 0 Å². The summed E-state index contributed by atoms with van der Waals surface area (Å²) in [7, 11) is 0. The number of aliphatic hydroxyl groups is 1. The Morgan fingerprint density at radius 3 is 2.28 bits per heavy atom. The number of carbonyl (C=O) groups excluding carboxylic acids is 4. The molecule has 470 valence electrons. The number of phenolic OH excluding ortho intramolecular Hbond substituents is 1. The van der Waals surface area contributed by atoms with Crippen molar-refractivity contribution in [2.45, 2.75) is 155 Å². The topological polar surface area (TPSA) is 219 Å². The number of likely N-dealkylation sites (tertiary alicyclic amines) is 3. The van der Waals surface area contributed by atoms with E-state index in [1.165, 1.54) is 11.0 Å². The van der Waals surface area contributed by atoms with Gasteiger partial charge in [0.25, 0.3) is 0 Å². The number of alkyl halides is 1. The molecule has 0 saturated carbocycles. The van der Waals surface area contributed by atoms with Gasteiger partial charge in [-0.05, 0) is 137 Å². The Kier molecular flexibility index (Phi) is 17.8. The number of thiazole rings is 1. The van der Waals surface area contributed by atoms with E-state index < -0.39 is 58.4 Å². The highest BCUT2D eigenvalue weighted by molar-refractivity contribution is 7.13. The molecule has 6 atom stereocenters. The van der Waals surface area contributed by atoms with Gasteiger partial charge in [0.2, 0.25) is 17.7 Å². The third-order valence-electron chi connectivity index (χ3n) is 18.2. The summed E-state index contributed by atoms with van der Waals surface area (Å²) in [4.78, 5) is 84.4. The highest BCUT2D eigenvalue weighted by Crippen LogP contribution is 2.42. The Balaban J connectivity index is 0.686. The van der Waals surface area contributed by atoms with Gasteiger partial charge in [-0.3, -0.25) is 34.1 Å². The zero-order valence-electron chi connectivity index (χ0n) is 51.9. The van der Waals surface area contributed by atoms with E-state index >= 15 is 8.78 Å². The first-order chi connectivity index (χ1) is 41.8. The first-order valence-corrected chi connectivity index (χ1v) is 31.9. The van der Waals surface area contributed by atoms with Crippen molar-refractivity contribution in [3.05, 3.63) is 88.9 Å². The molecule has 88 heavy (non-hydrogen) atoms. The lowest BCUT2D eigenvalue weighted by Gasteiger charge is -2.47.